The Morgan fingerprint density at radius 3 is 1.80 bits per heavy atom. The molecule has 0 aromatic rings. The molecule has 0 aliphatic heterocycles. The van der Waals surface area contributed by atoms with E-state index >= 15 is 0 Å². The zero-order valence-corrected chi connectivity index (χ0v) is 5.74. The molecule has 5 heteroatoms. The molecule has 0 saturated heterocycles. The molecule has 0 radical (unpaired) electrons. The summed E-state index contributed by atoms with van der Waals surface area (Å²) in [5, 5.41) is 0. The predicted octanol–water partition coefficient (Wildman–Crippen LogP) is 1.45. The maximum absolute atomic E-state index is 12.0. The smallest absolute Gasteiger partial charge is 0.306 e. The summed E-state index contributed by atoms with van der Waals surface area (Å²) in [5.74, 6) is 0. The van der Waals surface area contributed by atoms with E-state index in [0.717, 1.165) is 4.90 Å². The fourth-order valence-corrected chi connectivity index (χ4v) is 0.424. The molecule has 0 amide bonds. The molecule has 1 nitrogen and oxygen atoms in total. The molecule has 0 aliphatic carbocycles. The molecule has 0 fully saturated rings. The van der Waals surface area contributed by atoms with Crippen molar-refractivity contribution < 1.29 is 17.6 Å². The highest BCUT2D eigenvalue weighted by Gasteiger charge is 2.39. The van der Waals surface area contributed by atoms with Gasteiger partial charge in [-0.15, -0.1) is 0 Å². The lowest BCUT2D eigenvalue weighted by Gasteiger charge is -2.15. The van der Waals surface area contributed by atoms with E-state index in [4.69, 9.17) is 0 Å². The van der Waals surface area contributed by atoms with Crippen LogP contribution in [0.3, 0.4) is 0 Å². The first-order valence-corrected chi connectivity index (χ1v) is 2.69. The quantitative estimate of drug-likeness (QED) is 0.551. The molecule has 10 heavy (non-hydrogen) atoms. The highest BCUT2D eigenvalue weighted by Crippen LogP contribution is 2.22. The van der Waals surface area contributed by atoms with Gasteiger partial charge in [-0.1, -0.05) is 0 Å². The van der Waals surface area contributed by atoms with Gasteiger partial charge in [0, 0.05) is 6.54 Å². The summed E-state index contributed by atoms with van der Waals surface area (Å²) in [6.07, 6.45) is -7.45. The molecular weight excluding hydrogens is 150 g/mol. The number of alkyl halides is 4. The third-order valence-corrected chi connectivity index (χ3v) is 0.881. The van der Waals surface area contributed by atoms with Crippen LogP contribution in [0.1, 0.15) is 0 Å². The van der Waals surface area contributed by atoms with Crippen molar-refractivity contribution in [2.24, 2.45) is 0 Å². The third kappa shape index (κ3) is 3.66. The van der Waals surface area contributed by atoms with E-state index in [0.29, 0.717) is 0 Å². The molecule has 0 aromatic carbocycles. The van der Waals surface area contributed by atoms with Crippen LogP contribution in [-0.4, -0.2) is 37.9 Å². The third-order valence-electron chi connectivity index (χ3n) is 0.881. The SMILES string of the molecule is CN(C)CC(F)C(F)(F)F. The maximum atomic E-state index is 12.0. The summed E-state index contributed by atoms with van der Waals surface area (Å²) in [6, 6.07) is 0. The summed E-state index contributed by atoms with van der Waals surface area (Å²) in [5.41, 5.74) is 0. The van der Waals surface area contributed by atoms with Crippen molar-refractivity contribution in [2.45, 2.75) is 12.3 Å². The van der Waals surface area contributed by atoms with Crippen molar-refractivity contribution in [3.05, 3.63) is 0 Å². The second-order valence-electron chi connectivity index (χ2n) is 2.27. The maximum Gasteiger partial charge on any atom is 0.420 e. The Bertz CT molecular complexity index is 98.3. The molecule has 0 aromatic heterocycles. The Morgan fingerprint density at radius 1 is 1.30 bits per heavy atom. The Labute approximate surface area is 56.6 Å². The molecule has 0 heterocycles. The fourth-order valence-electron chi connectivity index (χ4n) is 0.424. The highest BCUT2D eigenvalue weighted by atomic mass is 19.4. The molecule has 1 unspecified atom stereocenters. The average Bonchev–Trinajstić information content (AvgIpc) is 1.60. The Kier molecular flexibility index (Phi) is 3.08. The first-order chi connectivity index (χ1) is 4.34. The monoisotopic (exact) mass is 159 g/mol. The van der Waals surface area contributed by atoms with E-state index in [9.17, 15) is 17.6 Å². The van der Waals surface area contributed by atoms with E-state index in [1.54, 1.807) is 0 Å². The summed E-state index contributed by atoms with van der Waals surface area (Å²) >= 11 is 0. The lowest BCUT2D eigenvalue weighted by atomic mass is 10.3. The number of halogens is 4. The van der Waals surface area contributed by atoms with Crippen molar-refractivity contribution in [1.29, 1.82) is 0 Å². The zero-order valence-electron chi connectivity index (χ0n) is 5.74. The molecule has 0 bridgehead atoms. The standard InChI is InChI=1S/C5H9F4N/c1-10(2)3-4(6)5(7,8)9/h4H,3H2,1-2H3. The molecule has 62 valence electrons. The van der Waals surface area contributed by atoms with Crippen LogP contribution < -0.4 is 0 Å². The van der Waals surface area contributed by atoms with E-state index in [2.05, 4.69) is 0 Å². The van der Waals surface area contributed by atoms with Gasteiger partial charge < -0.3 is 4.90 Å². The summed E-state index contributed by atoms with van der Waals surface area (Å²) < 4.78 is 46.2. The molecule has 1 atom stereocenters. The van der Waals surface area contributed by atoms with Crippen LogP contribution in [0.2, 0.25) is 0 Å². The van der Waals surface area contributed by atoms with Crippen LogP contribution in [0.4, 0.5) is 17.6 Å². The second-order valence-corrected chi connectivity index (χ2v) is 2.27. The highest BCUT2D eigenvalue weighted by molar-refractivity contribution is 4.67. The number of hydrogen-bond donors (Lipinski definition) is 0. The van der Waals surface area contributed by atoms with Gasteiger partial charge in [-0.25, -0.2) is 4.39 Å². The van der Waals surface area contributed by atoms with Gasteiger partial charge in [-0.2, -0.15) is 13.2 Å². The first kappa shape index (κ1) is 9.68. The van der Waals surface area contributed by atoms with Gasteiger partial charge >= 0.3 is 6.18 Å². The van der Waals surface area contributed by atoms with Crippen LogP contribution in [0.15, 0.2) is 0 Å². The van der Waals surface area contributed by atoms with Crippen LogP contribution in [-0.2, 0) is 0 Å². The number of rotatable bonds is 2. The lowest BCUT2D eigenvalue weighted by molar-refractivity contribution is -0.183. The fraction of sp³-hybridized carbons (Fsp3) is 1.00. The molecular formula is C5H9F4N. The van der Waals surface area contributed by atoms with Gasteiger partial charge in [0.25, 0.3) is 0 Å². The van der Waals surface area contributed by atoms with Crippen molar-refractivity contribution in [3.63, 3.8) is 0 Å². The largest absolute Gasteiger partial charge is 0.420 e. The van der Waals surface area contributed by atoms with E-state index in [-0.39, 0.29) is 0 Å². The Balaban J connectivity index is 3.73. The summed E-state index contributed by atoms with van der Waals surface area (Å²) in [4.78, 5) is 1.15. The van der Waals surface area contributed by atoms with Crippen molar-refractivity contribution >= 4 is 0 Å². The van der Waals surface area contributed by atoms with E-state index < -0.39 is 18.9 Å². The van der Waals surface area contributed by atoms with Crippen LogP contribution in [0.5, 0.6) is 0 Å². The van der Waals surface area contributed by atoms with Gasteiger partial charge in [-0.3, -0.25) is 0 Å². The van der Waals surface area contributed by atoms with Crippen molar-refractivity contribution in [1.82, 2.24) is 4.90 Å². The van der Waals surface area contributed by atoms with Crippen LogP contribution in [0.25, 0.3) is 0 Å². The number of nitrogens with zero attached hydrogens (tertiary/aromatic N) is 1. The number of hydrogen-bond acceptors (Lipinski definition) is 1. The normalized spacial score (nSPS) is 15.9. The minimum atomic E-state index is -4.72. The van der Waals surface area contributed by atoms with Crippen molar-refractivity contribution in [3.8, 4) is 0 Å². The van der Waals surface area contributed by atoms with Gasteiger partial charge in [0.2, 0.25) is 6.17 Å². The van der Waals surface area contributed by atoms with E-state index in [1.165, 1.54) is 14.1 Å². The van der Waals surface area contributed by atoms with Gasteiger partial charge in [0.15, 0.2) is 0 Å². The average molecular weight is 159 g/mol. The Hall–Kier alpha value is -0.320. The second kappa shape index (κ2) is 3.18. The van der Waals surface area contributed by atoms with Crippen molar-refractivity contribution in [2.75, 3.05) is 20.6 Å². The minimum absolute atomic E-state index is 0.608. The zero-order chi connectivity index (χ0) is 8.36. The van der Waals surface area contributed by atoms with Gasteiger partial charge in [0.05, 0.1) is 0 Å². The minimum Gasteiger partial charge on any atom is -0.306 e. The predicted molar refractivity (Wildman–Crippen MR) is 29.5 cm³/mol. The summed E-state index contributed by atoms with van der Waals surface area (Å²) in [6.45, 7) is -0.608. The Morgan fingerprint density at radius 2 is 1.70 bits per heavy atom. The van der Waals surface area contributed by atoms with Crippen LogP contribution in [0, 0.1) is 0 Å². The molecule has 0 rings (SSSR count). The molecule has 0 N–H and O–H groups in total. The molecule has 0 spiro atoms. The summed E-state index contributed by atoms with van der Waals surface area (Å²) in [7, 11) is 2.77. The van der Waals surface area contributed by atoms with Crippen LogP contribution >= 0.6 is 0 Å². The van der Waals surface area contributed by atoms with Gasteiger partial charge in [0.1, 0.15) is 0 Å². The van der Waals surface area contributed by atoms with E-state index in [1.807, 2.05) is 0 Å². The topological polar surface area (TPSA) is 3.24 Å². The van der Waals surface area contributed by atoms with Gasteiger partial charge in [-0.05, 0) is 14.1 Å². The first-order valence-electron chi connectivity index (χ1n) is 2.69. The lowest BCUT2D eigenvalue weighted by Crippen LogP contribution is -2.34. The molecule has 0 saturated carbocycles. The molecule has 0 aliphatic rings.